The van der Waals surface area contributed by atoms with Gasteiger partial charge in [0, 0.05) is 10.9 Å². The first-order valence-electron chi connectivity index (χ1n) is 9.69. The van der Waals surface area contributed by atoms with Crippen LogP contribution >= 0.6 is 11.6 Å². The summed E-state index contributed by atoms with van der Waals surface area (Å²) in [5.74, 6) is 1.13. The van der Waals surface area contributed by atoms with Gasteiger partial charge < -0.3 is 10.1 Å². The quantitative estimate of drug-likeness (QED) is 0.626. The summed E-state index contributed by atoms with van der Waals surface area (Å²) in [5.41, 5.74) is 4.83. The average Bonchev–Trinajstić information content (AvgIpc) is 3.48. The van der Waals surface area contributed by atoms with Crippen molar-refractivity contribution < 1.29 is 9.53 Å². The third-order valence-electron chi connectivity index (χ3n) is 5.52. The van der Waals surface area contributed by atoms with Crippen molar-refractivity contribution in [1.82, 2.24) is 9.78 Å². The van der Waals surface area contributed by atoms with Crippen LogP contribution in [0, 0.1) is 19.8 Å². The molecule has 0 bridgehead atoms. The van der Waals surface area contributed by atoms with Crippen LogP contribution in [0.15, 0.2) is 48.5 Å². The first-order chi connectivity index (χ1) is 14.0. The van der Waals surface area contributed by atoms with E-state index >= 15 is 0 Å². The van der Waals surface area contributed by atoms with Crippen molar-refractivity contribution in [3.05, 3.63) is 76.1 Å². The fourth-order valence-electron chi connectivity index (χ4n) is 3.75. The number of ether oxygens (including phenoxy) is 1. The Kier molecular flexibility index (Phi) is 5.33. The monoisotopic (exact) mass is 409 g/mol. The number of aromatic nitrogens is 2. The number of hydrogen-bond donors (Lipinski definition) is 1. The molecule has 5 nitrogen and oxygen atoms in total. The molecular formula is C23H24ClN3O2. The zero-order chi connectivity index (χ0) is 20.5. The van der Waals surface area contributed by atoms with Crippen LogP contribution < -0.4 is 10.1 Å². The number of hydrogen-bond acceptors (Lipinski definition) is 3. The number of benzene rings is 2. The second kappa shape index (κ2) is 7.91. The van der Waals surface area contributed by atoms with Gasteiger partial charge in [0.25, 0.3) is 0 Å². The Morgan fingerprint density at radius 2 is 2.00 bits per heavy atom. The fourth-order valence-corrected chi connectivity index (χ4v) is 3.88. The second-order valence-electron chi connectivity index (χ2n) is 7.54. The first kappa shape index (κ1) is 19.5. The lowest BCUT2D eigenvalue weighted by molar-refractivity contribution is -0.117. The molecule has 6 heteroatoms. The molecule has 1 N–H and O–H groups in total. The topological polar surface area (TPSA) is 56.1 Å². The van der Waals surface area contributed by atoms with E-state index in [4.69, 9.17) is 16.3 Å². The third-order valence-corrected chi connectivity index (χ3v) is 5.77. The number of carbonyl (C=O) groups excluding carboxylic acids is 1. The number of carbonyl (C=O) groups is 1. The van der Waals surface area contributed by atoms with Crippen molar-refractivity contribution in [3.8, 4) is 5.75 Å². The number of nitrogens with zero attached hydrogens (tertiary/aromatic N) is 2. The van der Waals surface area contributed by atoms with Crippen LogP contribution in [0.25, 0.3) is 0 Å². The number of amides is 1. The molecule has 2 aromatic carbocycles. The number of anilines is 1. The molecule has 1 fully saturated rings. The van der Waals surface area contributed by atoms with Crippen molar-refractivity contribution in [1.29, 1.82) is 0 Å². The SMILES string of the molecule is COc1cccc(Cn2nc(C)c(NC(=O)C3CC3c3ccc(Cl)cc3)c2C)c1. The number of aryl methyl sites for hydroxylation is 1. The molecule has 0 radical (unpaired) electrons. The van der Waals surface area contributed by atoms with Crippen molar-refractivity contribution in [2.75, 3.05) is 12.4 Å². The zero-order valence-corrected chi connectivity index (χ0v) is 17.5. The highest BCUT2D eigenvalue weighted by atomic mass is 35.5. The number of methoxy groups -OCH3 is 1. The first-order valence-corrected chi connectivity index (χ1v) is 10.1. The Morgan fingerprint density at radius 1 is 1.24 bits per heavy atom. The van der Waals surface area contributed by atoms with Crippen LogP contribution in [0.1, 0.15) is 34.9 Å². The lowest BCUT2D eigenvalue weighted by Gasteiger charge is -2.08. The molecule has 29 heavy (non-hydrogen) atoms. The van der Waals surface area contributed by atoms with Crippen LogP contribution in [0.5, 0.6) is 5.75 Å². The van der Waals surface area contributed by atoms with Crippen molar-refractivity contribution in [3.63, 3.8) is 0 Å². The van der Waals surface area contributed by atoms with Gasteiger partial charge in [0.15, 0.2) is 0 Å². The van der Waals surface area contributed by atoms with Gasteiger partial charge in [-0.25, -0.2) is 0 Å². The third kappa shape index (κ3) is 4.15. The van der Waals surface area contributed by atoms with E-state index in [-0.39, 0.29) is 17.7 Å². The molecule has 0 aliphatic heterocycles. The summed E-state index contributed by atoms with van der Waals surface area (Å²) in [6.45, 7) is 4.53. The fraction of sp³-hybridized carbons (Fsp3) is 0.304. The molecule has 2 atom stereocenters. The van der Waals surface area contributed by atoms with E-state index in [2.05, 4.69) is 10.4 Å². The highest BCUT2D eigenvalue weighted by Gasteiger charge is 2.44. The maximum absolute atomic E-state index is 12.8. The molecule has 1 aliphatic carbocycles. The van der Waals surface area contributed by atoms with Crippen LogP contribution in [0.3, 0.4) is 0 Å². The molecule has 1 aliphatic rings. The molecule has 0 spiro atoms. The summed E-state index contributed by atoms with van der Waals surface area (Å²) in [6.07, 6.45) is 0.865. The highest BCUT2D eigenvalue weighted by molar-refractivity contribution is 6.30. The molecule has 150 valence electrons. The molecule has 1 saturated carbocycles. The molecule has 4 rings (SSSR count). The molecular weight excluding hydrogens is 386 g/mol. The molecule has 1 heterocycles. The summed E-state index contributed by atoms with van der Waals surface area (Å²) in [5, 5.41) is 8.45. The Hall–Kier alpha value is -2.79. The summed E-state index contributed by atoms with van der Waals surface area (Å²) < 4.78 is 7.22. The lowest BCUT2D eigenvalue weighted by Crippen LogP contribution is -2.16. The van der Waals surface area contributed by atoms with Gasteiger partial charge in [-0.05, 0) is 61.6 Å². The summed E-state index contributed by atoms with van der Waals surface area (Å²) >= 11 is 5.96. The maximum Gasteiger partial charge on any atom is 0.228 e. The second-order valence-corrected chi connectivity index (χ2v) is 7.98. The molecule has 3 aromatic rings. The smallest absolute Gasteiger partial charge is 0.228 e. The van der Waals surface area contributed by atoms with E-state index in [1.54, 1.807) is 7.11 Å². The van der Waals surface area contributed by atoms with E-state index in [9.17, 15) is 4.79 Å². The van der Waals surface area contributed by atoms with Crippen LogP contribution in [0.4, 0.5) is 5.69 Å². The average molecular weight is 410 g/mol. The largest absolute Gasteiger partial charge is 0.497 e. The van der Waals surface area contributed by atoms with Gasteiger partial charge in [0.1, 0.15) is 5.75 Å². The lowest BCUT2D eigenvalue weighted by atomic mass is 10.1. The predicted molar refractivity (Wildman–Crippen MR) is 115 cm³/mol. The minimum Gasteiger partial charge on any atom is -0.497 e. The minimum absolute atomic E-state index is 0.00305. The van der Waals surface area contributed by atoms with Gasteiger partial charge in [-0.2, -0.15) is 5.10 Å². The van der Waals surface area contributed by atoms with Gasteiger partial charge >= 0.3 is 0 Å². The molecule has 2 unspecified atom stereocenters. The van der Waals surface area contributed by atoms with Crippen LogP contribution in [-0.2, 0) is 11.3 Å². The highest BCUT2D eigenvalue weighted by Crippen LogP contribution is 2.48. The van der Waals surface area contributed by atoms with E-state index < -0.39 is 0 Å². The molecule has 1 amide bonds. The summed E-state index contributed by atoms with van der Waals surface area (Å²) in [4.78, 5) is 12.8. The van der Waals surface area contributed by atoms with Crippen LogP contribution in [-0.4, -0.2) is 22.8 Å². The van der Waals surface area contributed by atoms with Crippen molar-refractivity contribution in [2.24, 2.45) is 5.92 Å². The normalized spacial score (nSPS) is 17.8. The standard InChI is InChI=1S/C23H24ClN3O2/c1-14-22(15(2)27(26-14)13-16-5-4-6-19(11-16)29-3)25-23(28)21-12-20(21)17-7-9-18(24)10-8-17/h4-11,20-21H,12-13H2,1-3H3,(H,25,28). The number of halogens is 1. The Bertz CT molecular complexity index is 1040. The van der Waals surface area contributed by atoms with Gasteiger partial charge in [-0.1, -0.05) is 35.9 Å². The number of nitrogens with one attached hydrogen (secondary N) is 1. The van der Waals surface area contributed by atoms with E-state index in [0.717, 1.165) is 40.4 Å². The van der Waals surface area contributed by atoms with Crippen LogP contribution in [0.2, 0.25) is 5.02 Å². The molecule has 1 aromatic heterocycles. The van der Waals surface area contributed by atoms with Gasteiger partial charge in [0.2, 0.25) is 5.91 Å². The van der Waals surface area contributed by atoms with E-state index in [1.807, 2.05) is 67.1 Å². The van der Waals surface area contributed by atoms with Gasteiger partial charge in [0.05, 0.1) is 30.7 Å². The van der Waals surface area contributed by atoms with Gasteiger partial charge in [-0.15, -0.1) is 0 Å². The van der Waals surface area contributed by atoms with Crippen molar-refractivity contribution in [2.45, 2.75) is 32.7 Å². The molecule has 0 saturated heterocycles. The van der Waals surface area contributed by atoms with Crippen molar-refractivity contribution >= 4 is 23.2 Å². The Labute approximate surface area is 175 Å². The van der Waals surface area contributed by atoms with E-state index in [1.165, 1.54) is 0 Å². The summed E-state index contributed by atoms with van der Waals surface area (Å²) in [6, 6.07) is 15.7. The zero-order valence-electron chi connectivity index (χ0n) is 16.8. The minimum atomic E-state index is -0.00305. The Balaban J connectivity index is 1.45. The maximum atomic E-state index is 12.8. The van der Waals surface area contributed by atoms with E-state index in [0.29, 0.717) is 11.6 Å². The van der Waals surface area contributed by atoms with Gasteiger partial charge in [-0.3, -0.25) is 9.48 Å². The summed E-state index contributed by atoms with van der Waals surface area (Å²) in [7, 11) is 1.66. The Morgan fingerprint density at radius 3 is 2.72 bits per heavy atom. The predicted octanol–water partition coefficient (Wildman–Crippen LogP) is 4.95. The number of rotatable bonds is 6.